The fourth-order valence-electron chi connectivity index (χ4n) is 6.29. The minimum absolute atomic E-state index is 0.0827. The third kappa shape index (κ3) is 28.3. The summed E-state index contributed by atoms with van der Waals surface area (Å²) in [6.45, 7) is 16.8. The van der Waals surface area contributed by atoms with E-state index < -0.39 is 0 Å². The fourth-order valence-corrected chi connectivity index (χ4v) is 6.29. The molecule has 0 aliphatic carbocycles. The first kappa shape index (κ1) is 62.6. The molecule has 390 valence electrons. The summed E-state index contributed by atoms with van der Waals surface area (Å²) < 4.78 is 30.9. The molecule has 15 nitrogen and oxygen atoms in total. The van der Waals surface area contributed by atoms with Crippen LogP contribution >= 0.6 is 15.9 Å². The van der Waals surface area contributed by atoms with Crippen LogP contribution < -0.4 is 35.5 Å². The Kier molecular flexibility index (Phi) is 31.9. The van der Waals surface area contributed by atoms with Gasteiger partial charge in [0.1, 0.15) is 41.7 Å². The van der Waals surface area contributed by atoms with Gasteiger partial charge in [-0.05, 0) is 159 Å². The number of carbonyl (C=O) groups is 3. The Morgan fingerprint density at radius 3 is 1.24 bits per heavy atom. The molecule has 0 bridgehead atoms. The van der Waals surface area contributed by atoms with Crippen LogP contribution in [-0.4, -0.2) is 124 Å². The van der Waals surface area contributed by atoms with Gasteiger partial charge in [-0.15, -0.1) is 0 Å². The first-order valence-corrected chi connectivity index (χ1v) is 24.6. The Morgan fingerprint density at radius 2 is 0.957 bits per heavy atom. The van der Waals surface area contributed by atoms with Crippen molar-refractivity contribution in [2.45, 2.75) is 128 Å². The number of esters is 2. The van der Waals surface area contributed by atoms with E-state index in [-0.39, 0.29) is 72.9 Å². The molecular weight excluding hydrogens is 961 g/mol. The SMILES string of the molecule is CC(C)Br.CC(C)Oc1ccc(C[C@H]2COC(=O)N2)cc1.CN[C@@H](Cc1ccc(O)cc1)C(=O)OC.CN[C@@H](Cc1ccc(OC(C)C)cc1)C(=O)OC.CN[C@H](CO)Cc1ccc(OC(C)C)cc1. The van der Waals surface area contributed by atoms with E-state index in [1.807, 2.05) is 121 Å². The molecule has 0 unspecified atom stereocenters. The Bertz CT molecular complexity index is 1990. The van der Waals surface area contributed by atoms with Crippen molar-refractivity contribution < 1.29 is 53.0 Å². The number of ether oxygens (including phenoxy) is 6. The molecule has 1 fully saturated rings. The summed E-state index contributed by atoms with van der Waals surface area (Å²) in [5.41, 5.74) is 4.40. The van der Waals surface area contributed by atoms with Crippen molar-refractivity contribution in [2.24, 2.45) is 0 Å². The van der Waals surface area contributed by atoms with Gasteiger partial charge in [0.2, 0.25) is 0 Å². The first-order valence-electron chi connectivity index (χ1n) is 23.7. The van der Waals surface area contributed by atoms with Crippen LogP contribution in [0.3, 0.4) is 0 Å². The highest BCUT2D eigenvalue weighted by Crippen LogP contribution is 2.18. The van der Waals surface area contributed by atoms with E-state index in [9.17, 15) is 14.4 Å². The molecule has 70 heavy (non-hydrogen) atoms. The summed E-state index contributed by atoms with van der Waals surface area (Å²) in [7, 11) is 8.08. The standard InChI is InChI=1S/C14H21NO3.C13H17NO3.C13H21NO2.C11H15NO3.C3H7Br/c1-10(2)18-12-7-5-11(6-8-12)9-13(15-3)14(16)17-4;1-9(2)17-12-5-3-10(4-6-12)7-11-8-16-13(15)14-11;1-10(2)16-13-6-4-11(5-7-13)8-12(9-15)14-3;1-12-10(11(14)15-2)7-8-3-5-9(13)6-4-8;1-3(2)4/h5-8,10,13,15H,9H2,1-4H3;3-6,9,11H,7-8H2,1-2H3,(H,14,15);4-7,10,12,14-15H,8-9H2,1-3H3;3-6,10,12-13H,7H2,1-2H3;3H,1-2H3/t13-;11-;12-;10-;/m0000./s1. The zero-order valence-electron chi connectivity index (χ0n) is 43.5. The van der Waals surface area contributed by atoms with Crippen LogP contribution in [0.2, 0.25) is 0 Å². The highest BCUT2D eigenvalue weighted by atomic mass is 79.9. The van der Waals surface area contributed by atoms with E-state index in [4.69, 9.17) is 33.9 Å². The van der Waals surface area contributed by atoms with Gasteiger partial charge in [-0.2, -0.15) is 0 Å². The summed E-state index contributed by atoms with van der Waals surface area (Å²) in [4.78, 5) is 34.2. The number of carbonyl (C=O) groups excluding carboxylic acids is 3. The lowest BCUT2D eigenvalue weighted by molar-refractivity contribution is -0.143. The maximum Gasteiger partial charge on any atom is 0.407 e. The Balaban J connectivity index is 0.000000455. The normalized spacial score (nSPS) is 13.8. The third-order valence-electron chi connectivity index (χ3n) is 9.70. The number of aromatic hydroxyl groups is 1. The summed E-state index contributed by atoms with van der Waals surface area (Å²) in [5, 5.41) is 29.8. The number of phenolic OH excluding ortho intramolecular Hbond substituents is 1. The van der Waals surface area contributed by atoms with Crippen molar-refractivity contribution in [3.63, 3.8) is 0 Å². The highest BCUT2D eigenvalue weighted by molar-refractivity contribution is 9.09. The smallest absolute Gasteiger partial charge is 0.407 e. The van der Waals surface area contributed by atoms with E-state index in [1.54, 1.807) is 38.4 Å². The minimum Gasteiger partial charge on any atom is -0.508 e. The maximum absolute atomic E-state index is 11.5. The number of alkyl halides is 1. The molecule has 1 heterocycles. The monoisotopic (exact) mass is 1040 g/mol. The van der Waals surface area contributed by atoms with Crippen molar-refractivity contribution in [3.8, 4) is 23.0 Å². The van der Waals surface area contributed by atoms with E-state index in [0.717, 1.165) is 46.8 Å². The molecule has 4 atom stereocenters. The zero-order chi connectivity index (χ0) is 52.6. The molecule has 0 spiro atoms. The highest BCUT2D eigenvalue weighted by Gasteiger charge is 2.22. The number of likely N-dealkylation sites (N-methyl/N-ethyl adjacent to an activating group) is 3. The number of halogens is 1. The number of nitrogens with one attached hydrogen (secondary N) is 4. The predicted octanol–water partition coefficient (Wildman–Crippen LogP) is 7.98. The van der Waals surface area contributed by atoms with Gasteiger partial charge in [-0.1, -0.05) is 78.3 Å². The average Bonchev–Trinajstić information content (AvgIpc) is 3.74. The van der Waals surface area contributed by atoms with Crippen molar-refractivity contribution in [2.75, 3.05) is 48.6 Å². The maximum atomic E-state index is 11.5. The lowest BCUT2D eigenvalue weighted by atomic mass is 10.1. The molecule has 4 aromatic carbocycles. The van der Waals surface area contributed by atoms with Crippen LogP contribution in [0.25, 0.3) is 0 Å². The predicted molar refractivity (Wildman–Crippen MR) is 282 cm³/mol. The fraction of sp³-hybridized carbons (Fsp3) is 0.500. The molecule has 1 amide bonds. The number of amides is 1. The summed E-state index contributed by atoms with van der Waals surface area (Å²) >= 11 is 3.27. The summed E-state index contributed by atoms with van der Waals surface area (Å²) in [5.74, 6) is 2.29. The second-order valence-electron chi connectivity index (χ2n) is 17.3. The van der Waals surface area contributed by atoms with Gasteiger partial charge in [0.05, 0.1) is 45.2 Å². The quantitative estimate of drug-likeness (QED) is 0.0283. The molecule has 0 aromatic heterocycles. The molecule has 0 saturated carbocycles. The molecule has 16 heteroatoms. The second kappa shape index (κ2) is 35.7. The van der Waals surface area contributed by atoms with Crippen LogP contribution in [-0.2, 0) is 49.5 Å². The van der Waals surface area contributed by atoms with Crippen LogP contribution in [0.5, 0.6) is 23.0 Å². The number of phenols is 1. The number of aliphatic hydroxyl groups is 1. The number of aliphatic hydroxyl groups excluding tert-OH is 1. The number of rotatable bonds is 20. The lowest BCUT2D eigenvalue weighted by Crippen LogP contribution is -2.36. The molecule has 1 saturated heterocycles. The molecular formula is C54H81BrN4O11. The molecule has 1 aliphatic heterocycles. The third-order valence-corrected chi connectivity index (χ3v) is 9.70. The molecule has 4 aromatic rings. The van der Waals surface area contributed by atoms with Gasteiger partial charge in [0.25, 0.3) is 0 Å². The number of methoxy groups -OCH3 is 2. The van der Waals surface area contributed by atoms with E-state index in [2.05, 4.69) is 55.8 Å². The van der Waals surface area contributed by atoms with E-state index in [0.29, 0.717) is 24.3 Å². The largest absolute Gasteiger partial charge is 0.508 e. The molecule has 5 rings (SSSR count). The number of hydrogen-bond donors (Lipinski definition) is 6. The number of cyclic esters (lactones) is 1. The van der Waals surface area contributed by atoms with E-state index >= 15 is 0 Å². The van der Waals surface area contributed by atoms with E-state index in [1.165, 1.54) is 19.8 Å². The average molecular weight is 1040 g/mol. The van der Waals surface area contributed by atoms with Gasteiger partial charge in [0.15, 0.2) is 0 Å². The first-order chi connectivity index (χ1) is 33.2. The van der Waals surface area contributed by atoms with Crippen molar-refractivity contribution in [1.29, 1.82) is 0 Å². The Morgan fingerprint density at radius 1 is 0.614 bits per heavy atom. The molecule has 0 radical (unpaired) electrons. The number of hydrogen-bond acceptors (Lipinski definition) is 14. The summed E-state index contributed by atoms with van der Waals surface area (Å²) in [6, 6.07) is 30.0. The lowest BCUT2D eigenvalue weighted by Gasteiger charge is -2.14. The summed E-state index contributed by atoms with van der Waals surface area (Å²) in [6.07, 6.45) is 2.99. The number of alkyl carbamates (subject to hydrolysis) is 1. The molecule has 6 N–H and O–H groups in total. The number of benzene rings is 4. The van der Waals surface area contributed by atoms with Gasteiger partial charge >= 0.3 is 18.0 Å². The van der Waals surface area contributed by atoms with Crippen molar-refractivity contribution in [3.05, 3.63) is 119 Å². The van der Waals surface area contributed by atoms with Gasteiger partial charge in [-0.3, -0.25) is 9.59 Å². The zero-order valence-corrected chi connectivity index (χ0v) is 45.1. The van der Waals surface area contributed by atoms with Crippen LogP contribution in [0.4, 0.5) is 4.79 Å². The van der Waals surface area contributed by atoms with Crippen molar-refractivity contribution >= 4 is 34.0 Å². The second-order valence-corrected chi connectivity index (χ2v) is 19.1. The van der Waals surface area contributed by atoms with Crippen LogP contribution in [0.15, 0.2) is 97.1 Å². The molecule has 1 aliphatic rings. The minimum atomic E-state index is -0.348. The van der Waals surface area contributed by atoms with Crippen LogP contribution in [0.1, 0.15) is 77.6 Å². The topological polar surface area (TPSA) is 195 Å². The Hall–Kier alpha value is -5.39. The van der Waals surface area contributed by atoms with Gasteiger partial charge in [0, 0.05) is 10.9 Å². The van der Waals surface area contributed by atoms with Gasteiger partial charge in [-0.25, -0.2) is 4.79 Å². The van der Waals surface area contributed by atoms with Crippen molar-refractivity contribution in [1.82, 2.24) is 21.3 Å². The Labute approximate surface area is 425 Å². The van der Waals surface area contributed by atoms with Crippen LogP contribution in [0, 0.1) is 0 Å². The van der Waals surface area contributed by atoms with Gasteiger partial charge < -0.3 is 59.9 Å².